The van der Waals surface area contributed by atoms with Gasteiger partial charge >= 0.3 is 5.97 Å². The zero-order chi connectivity index (χ0) is 13.8. The Labute approximate surface area is 112 Å². The lowest BCUT2D eigenvalue weighted by Crippen LogP contribution is -2.32. The fourth-order valence-electron chi connectivity index (χ4n) is 2.49. The highest BCUT2D eigenvalue weighted by atomic mass is 16.4. The van der Waals surface area contributed by atoms with Crippen molar-refractivity contribution in [3.05, 3.63) is 30.1 Å². The average Bonchev–Trinajstić information content (AvgIpc) is 2.89. The molecule has 2 N–H and O–H groups in total. The number of carboxylic acid groups (broad SMARTS) is 1. The van der Waals surface area contributed by atoms with E-state index in [-0.39, 0.29) is 23.8 Å². The predicted octanol–water partition coefficient (Wildman–Crippen LogP) is 1.76. The van der Waals surface area contributed by atoms with Gasteiger partial charge in [-0.25, -0.2) is 0 Å². The molecule has 2 rings (SSSR count). The highest BCUT2D eigenvalue weighted by Crippen LogP contribution is 2.31. The third kappa shape index (κ3) is 3.30. The molecule has 19 heavy (non-hydrogen) atoms. The molecule has 0 saturated heterocycles. The Morgan fingerprint density at radius 1 is 1.42 bits per heavy atom. The standard InChI is InChI=1S/C14H18N2O3/c1-9(12-3-2-6-15-8-12)16-13(17)10-4-5-11(7-10)14(18)19/h2-3,6,8-11H,4-5,7H2,1H3,(H,16,17)(H,18,19)/t9-,10+,11-/m0/s1. The van der Waals surface area contributed by atoms with E-state index in [1.165, 1.54) is 0 Å². The van der Waals surface area contributed by atoms with Gasteiger partial charge in [-0.05, 0) is 37.8 Å². The number of amides is 1. The van der Waals surface area contributed by atoms with Crippen LogP contribution in [-0.4, -0.2) is 22.0 Å². The number of hydrogen-bond acceptors (Lipinski definition) is 3. The van der Waals surface area contributed by atoms with Crippen LogP contribution in [0.1, 0.15) is 37.8 Å². The number of nitrogens with zero attached hydrogens (tertiary/aromatic N) is 1. The maximum Gasteiger partial charge on any atom is 0.306 e. The molecule has 1 aromatic heterocycles. The van der Waals surface area contributed by atoms with Gasteiger partial charge < -0.3 is 10.4 Å². The van der Waals surface area contributed by atoms with Crippen molar-refractivity contribution < 1.29 is 14.7 Å². The van der Waals surface area contributed by atoms with Crippen molar-refractivity contribution in [3.8, 4) is 0 Å². The average molecular weight is 262 g/mol. The second kappa shape index (κ2) is 5.82. The second-order valence-electron chi connectivity index (χ2n) is 5.06. The molecule has 5 nitrogen and oxygen atoms in total. The number of aromatic nitrogens is 1. The molecule has 0 radical (unpaired) electrons. The van der Waals surface area contributed by atoms with Crippen LogP contribution in [0.5, 0.6) is 0 Å². The summed E-state index contributed by atoms with van der Waals surface area (Å²) in [4.78, 5) is 27.0. The Morgan fingerprint density at radius 3 is 2.74 bits per heavy atom. The molecule has 0 spiro atoms. The number of aliphatic carboxylic acids is 1. The maximum atomic E-state index is 12.1. The number of carboxylic acids is 1. The molecule has 5 heteroatoms. The van der Waals surface area contributed by atoms with Crippen LogP contribution in [0, 0.1) is 11.8 Å². The quantitative estimate of drug-likeness (QED) is 0.866. The van der Waals surface area contributed by atoms with Gasteiger partial charge in [0.05, 0.1) is 12.0 Å². The molecular weight excluding hydrogens is 244 g/mol. The van der Waals surface area contributed by atoms with Crippen LogP contribution in [0.25, 0.3) is 0 Å². The molecular formula is C14H18N2O3. The molecule has 1 heterocycles. The molecule has 1 saturated carbocycles. The van der Waals surface area contributed by atoms with Gasteiger partial charge in [-0.3, -0.25) is 14.6 Å². The lowest BCUT2D eigenvalue weighted by atomic mass is 10.0. The van der Waals surface area contributed by atoms with Crippen molar-refractivity contribution >= 4 is 11.9 Å². The van der Waals surface area contributed by atoms with Gasteiger partial charge in [0, 0.05) is 18.3 Å². The lowest BCUT2D eigenvalue weighted by molar-refractivity contribution is -0.141. The van der Waals surface area contributed by atoms with Crippen molar-refractivity contribution in [3.63, 3.8) is 0 Å². The Bertz CT molecular complexity index is 461. The highest BCUT2D eigenvalue weighted by Gasteiger charge is 2.34. The van der Waals surface area contributed by atoms with Gasteiger partial charge in [-0.1, -0.05) is 6.07 Å². The van der Waals surface area contributed by atoms with Gasteiger partial charge in [0.2, 0.25) is 5.91 Å². The molecule has 1 fully saturated rings. The molecule has 1 aromatic rings. The van der Waals surface area contributed by atoms with Gasteiger partial charge in [0.25, 0.3) is 0 Å². The fraction of sp³-hybridized carbons (Fsp3) is 0.500. The Morgan fingerprint density at radius 2 is 2.16 bits per heavy atom. The zero-order valence-electron chi connectivity index (χ0n) is 10.9. The van der Waals surface area contributed by atoms with Crippen LogP contribution >= 0.6 is 0 Å². The van der Waals surface area contributed by atoms with Crippen LogP contribution in [0.2, 0.25) is 0 Å². The number of rotatable bonds is 4. The summed E-state index contributed by atoms with van der Waals surface area (Å²) in [7, 11) is 0. The predicted molar refractivity (Wildman–Crippen MR) is 69.3 cm³/mol. The van der Waals surface area contributed by atoms with E-state index in [0.29, 0.717) is 19.3 Å². The molecule has 0 bridgehead atoms. The minimum absolute atomic E-state index is 0.0555. The van der Waals surface area contributed by atoms with E-state index >= 15 is 0 Å². The summed E-state index contributed by atoms with van der Waals surface area (Å²) in [5, 5.41) is 11.9. The molecule has 3 atom stereocenters. The third-order valence-electron chi connectivity index (χ3n) is 3.70. The topological polar surface area (TPSA) is 79.3 Å². The first kappa shape index (κ1) is 13.5. The molecule has 0 aliphatic heterocycles. The van der Waals surface area contributed by atoms with Crippen molar-refractivity contribution in [2.24, 2.45) is 11.8 Å². The second-order valence-corrected chi connectivity index (χ2v) is 5.06. The first-order valence-electron chi connectivity index (χ1n) is 6.51. The van der Waals surface area contributed by atoms with E-state index in [0.717, 1.165) is 5.56 Å². The first-order valence-corrected chi connectivity index (χ1v) is 6.51. The van der Waals surface area contributed by atoms with E-state index in [9.17, 15) is 9.59 Å². The van der Waals surface area contributed by atoms with Gasteiger partial charge in [-0.15, -0.1) is 0 Å². The first-order chi connectivity index (χ1) is 9.08. The maximum absolute atomic E-state index is 12.1. The number of carbonyl (C=O) groups is 2. The van der Waals surface area contributed by atoms with Gasteiger partial charge in [-0.2, -0.15) is 0 Å². The third-order valence-corrected chi connectivity index (χ3v) is 3.70. The van der Waals surface area contributed by atoms with E-state index < -0.39 is 5.97 Å². The Balaban J connectivity index is 1.90. The summed E-state index contributed by atoms with van der Waals surface area (Å²) >= 11 is 0. The number of carbonyl (C=O) groups excluding carboxylic acids is 1. The van der Waals surface area contributed by atoms with Crippen LogP contribution in [0.4, 0.5) is 0 Å². The Kier molecular flexibility index (Phi) is 4.14. The van der Waals surface area contributed by atoms with E-state index in [4.69, 9.17) is 5.11 Å². The smallest absolute Gasteiger partial charge is 0.306 e. The summed E-state index contributed by atoms with van der Waals surface area (Å²) in [5.74, 6) is -1.40. The SMILES string of the molecule is C[C@H](NC(=O)[C@@H]1CC[C@H](C(=O)O)C1)c1cccnc1. The summed E-state index contributed by atoms with van der Waals surface area (Å²) in [6, 6.07) is 3.63. The molecule has 1 aliphatic carbocycles. The monoisotopic (exact) mass is 262 g/mol. The highest BCUT2D eigenvalue weighted by molar-refractivity contribution is 5.81. The van der Waals surface area contributed by atoms with E-state index in [1.807, 2.05) is 19.1 Å². The van der Waals surface area contributed by atoms with Crippen molar-refractivity contribution in [1.29, 1.82) is 0 Å². The number of hydrogen-bond donors (Lipinski definition) is 2. The normalized spacial score (nSPS) is 23.8. The van der Waals surface area contributed by atoms with Crippen molar-refractivity contribution in [1.82, 2.24) is 10.3 Å². The van der Waals surface area contributed by atoms with E-state index in [2.05, 4.69) is 10.3 Å². The summed E-state index contributed by atoms with van der Waals surface area (Å²) in [6.07, 6.45) is 5.10. The summed E-state index contributed by atoms with van der Waals surface area (Å²) in [5.41, 5.74) is 0.948. The van der Waals surface area contributed by atoms with Crippen molar-refractivity contribution in [2.75, 3.05) is 0 Å². The zero-order valence-corrected chi connectivity index (χ0v) is 10.9. The van der Waals surface area contributed by atoms with Crippen molar-refractivity contribution in [2.45, 2.75) is 32.2 Å². The molecule has 1 amide bonds. The molecule has 102 valence electrons. The minimum Gasteiger partial charge on any atom is -0.481 e. The van der Waals surface area contributed by atoms with Crippen LogP contribution in [0.3, 0.4) is 0 Å². The van der Waals surface area contributed by atoms with Crippen LogP contribution in [0.15, 0.2) is 24.5 Å². The molecule has 0 unspecified atom stereocenters. The summed E-state index contributed by atoms with van der Waals surface area (Å²) < 4.78 is 0. The number of nitrogens with one attached hydrogen (secondary N) is 1. The molecule has 1 aliphatic rings. The van der Waals surface area contributed by atoms with Gasteiger partial charge in [0.1, 0.15) is 0 Å². The van der Waals surface area contributed by atoms with Crippen LogP contribution in [-0.2, 0) is 9.59 Å². The molecule has 0 aromatic carbocycles. The van der Waals surface area contributed by atoms with Crippen LogP contribution < -0.4 is 5.32 Å². The van der Waals surface area contributed by atoms with E-state index in [1.54, 1.807) is 12.4 Å². The summed E-state index contributed by atoms with van der Waals surface area (Å²) in [6.45, 7) is 1.90. The fourth-order valence-corrected chi connectivity index (χ4v) is 2.49. The van der Waals surface area contributed by atoms with Gasteiger partial charge in [0.15, 0.2) is 0 Å². The largest absolute Gasteiger partial charge is 0.481 e. The minimum atomic E-state index is -0.796. The Hall–Kier alpha value is -1.91. The lowest BCUT2D eigenvalue weighted by Gasteiger charge is -2.17. The number of pyridine rings is 1.